The zero-order valence-corrected chi connectivity index (χ0v) is 14.7. The molecule has 0 saturated carbocycles. The average molecular weight is 394 g/mol. The number of aromatic nitrogens is 2. The van der Waals surface area contributed by atoms with Gasteiger partial charge in [0.25, 0.3) is 5.56 Å². The third kappa shape index (κ3) is 3.69. The Hall–Kier alpha value is -3.34. The minimum Gasteiger partial charge on any atom is -0.383 e. The summed E-state index contributed by atoms with van der Waals surface area (Å²) in [6, 6.07) is 2.76. The number of benzene rings is 1. The van der Waals surface area contributed by atoms with Crippen molar-refractivity contribution < 1.29 is 23.1 Å². The molecule has 0 spiro atoms. The third-order valence-electron chi connectivity index (χ3n) is 4.25. The van der Waals surface area contributed by atoms with Gasteiger partial charge in [-0.25, -0.2) is 13.6 Å². The molecule has 1 unspecified atom stereocenters. The SMILES string of the molecule is COCCn1c2c(c(=O)[nH]c1=O)C(C(=O)Nc1ccc(F)c(F)c1)CC(=O)N2. The summed E-state index contributed by atoms with van der Waals surface area (Å²) in [5.74, 6) is -4.91. The first-order chi connectivity index (χ1) is 13.3. The summed E-state index contributed by atoms with van der Waals surface area (Å²) >= 11 is 0. The van der Waals surface area contributed by atoms with Gasteiger partial charge in [-0.2, -0.15) is 0 Å². The first-order valence-electron chi connectivity index (χ1n) is 8.23. The molecule has 0 aliphatic carbocycles. The lowest BCUT2D eigenvalue weighted by Crippen LogP contribution is -2.43. The summed E-state index contributed by atoms with van der Waals surface area (Å²) in [6.07, 6.45) is -0.353. The molecule has 0 fully saturated rings. The molecular weight excluding hydrogens is 378 g/mol. The number of nitrogens with zero attached hydrogens (tertiary/aromatic N) is 1. The minimum absolute atomic E-state index is 0.0340. The number of methoxy groups -OCH3 is 1. The molecule has 0 radical (unpaired) electrons. The van der Waals surface area contributed by atoms with Crippen molar-refractivity contribution in [3.05, 3.63) is 56.2 Å². The number of H-pyrrole nitrogens is 1. The number of rotatable bonds is 5. The maximum Gasteiger partial charge on any atom is 0.330 e. The second kappa shape index (κ2) is 7.72. The van der Waals surface area contributed by atoms with Crippen molar-refractivity contribution in [3.8, 4) is 0 Å². The van der Waals surface area contributed by atoms with Crippen LogP contribution in [0.15, 0.2) is 27.8 Å². The van der Waals surface area contributed by atoms with Crippen LogP contribution in [-0.2, 0) is 20.9 Å². The Bertz CT molecular complexity index is 1060. The van der Waals surface area contributed by atoms with Crippen LogP contribution in [0.4, 0.5) is 20.3 Å². The van der Waals surface area contributed by atoms with Crippen LogP contribution in [0, 0.1) is 11.6 Å². The number of hydrogen-bond acceptors (Lipinski definition) is 5. The van der Waals surface area contributed by atoms with Gasteiger partial charge in [0.15, 0.2) is 11.6 Å². The van der Waals surface area contributed by atoms with Gasteiger partial charge >= 0.3 is 5.69 Å². The van der Waals surface area contributed by atoms with E-state index in [0.717, 1.165) is 22.8 Å². The van der Waals surface area contributed by atoms with Crippen LogP contribution in [0.2, 0.25) is 0 Å². The Morgan fingerprint density at radius 1 is 1.29 bits per heavy atom. The Balaban J connectivity index is 2.01. The predicted octanol–water partition coefficient (Wildman–Crippen LogP) is 0.526. The molecule has 0 bridgehead atoms. The smallest absolute Gasteiger partial charge is 0.330 e. The van der Waals surface area contributed by atoms with Gasteiger partial charge < -0.3 is 15.4 Å². The maximum atomic E-state index is 13.4. The fraction of sp³-hybridized carbons (Fsp3) is 0.294. The highest BCUT2D eigenvalue weighted by Crippen LogP contribution is 2.29. The van der Waals surface area contributed by atoms with E-state index >= 15 is 0 Å². The maximum absolute atomic E-state index is 13.4. The molecule has 3 N–H and O–H groups in total. The van der Waals surface area contributed by atoms with E-state index < -0.39 is 40.6 Å². The second-order valence-electron chi connectivity index (χ2n) is 6.09. The fourth-order valence-corrected chi connectivity index (χ4v) is 2.94. The molecule has 1 aliphatic heterocycles. The number of halogens is 2. The lowest BCUT2D eigenvalue weighted by molar-refractivity contribution is -0.123. The zero-order valence-electron chi connectivity index (χ0n) is 14.7. The summed E-state index contributed by atoms with van der Waals surface area (Å²) in [5, 5.41) is 4.80. The molecule has 9 nitrogen and oxygen atoms in total. The molecule has 2 aromatic rings. The highest BCUT2D eigenvalue weighted by molar-refractivity contribution is 6.04. The molecular formula is C17H16F2N4O5. The molecule has 1 aromatic heterocycles. The fourth-order valence-electron chi connectivity index (χ4n) is 2.94. The number of nitrogens with one attached hydrogen (secondary N) is 3. The van der Waals surface area contributed by atoms with Gasteiger partial charge in [0.1, 0.15) is 5.82 Å². The highest BCUT2D eigenvalue weighted by Gasteiger charge is 2.35. The standard InChI is InChI=1S/C17H16F2N4O5/c1-28-5-4-23-14-13(16(26)22-17(23)27)9(7-12(24)21-14)15(25)20-8-2-3-10(18)11(19)6-8/h2-3,6,9H,4-5,7H2,1H3,(H,20,25)(H,21,24)(H,22,26,27). The first kappa shape index (κ1) is 19.4. The number of anilines is 2. The zero-order chi connectivity index (χ0) is 20.4. The van der Waals surface area contributed by atoms with Crippen molar-refractivity contribution in [3.63, 3.8) is 0 Å². The third-order valence-corrected chi connectivity index (χ3v) is 4.25. The Kier molecular flexibility index (Phi) is 5.36. The molecule has 148 valence electrons. The van der Waals surface area contributed by atoms with Crippen LogP contribution >= 0.6 is 0 Å². The van der Waals surface area contributed by atoms with Crippen LogP contribution in [0.5, 0.6) is 0 Å². The lowest BCUT2D eigenvalue weighted by Gasteiger charge is -2.26. The number of fused-ring (bicyclic) bond motifs is 1. The molecule has 1 aromatic carbocycles. The monoisotopic (exact) mass is 394 g/mol. The van der Waals surface area contributed by atoms with Gasteiger partial charge in [-0.1, -0.05) is 0 Å². The van der Waals surface area contributed by atoms with Crippen LogP contribution in [-0.4, -0.2) is 35.1 Å². The van der Waals surface area contributed by atoms with E-state index in [4.69, 9.17) is 4.74 Å². The van der Waals surface area contributed by atoms with E-state index in [1.54, 1.807) is 0 Å². The molecule has 2 heterocycles. The van der Waals surface area contributed by atoms with E-state index in [9.17, 15) is 28.0 Å². The molecule has 0 saturated heterocycles. The average Bonchev–Trinajstić information content (AvgIpc) is 2.63. The van der Waals surface area contributed by atoms with Crippen molar-refractivity contribution in [1.82, 2.24) is 9.55 Å². The second-order valence-corrected chi connectivity index (χ2v) is 6.09. The summed E-state index contributed by atoms with van der Waals surface area (Å²) in [5.41, 5.74) is -1.72. The summed E-state index contributed by atoms with van der Waals surface area (Å²) < 4.78 is 32.4. The van der Waals surface area contributed by atoms with E-state index in [1.165, 1.54) is 7.11 Å². The van der Waals surface area contributed by atoms with Crippen molar-refractivity contribution in [1.29, 1.82) is 0 Å². The Morgan fingerprint density at radius 3 is 2.71 bits per heavy atom. The normalized spacial score (nSPS) is 15.7. The quantitative estimate of drug-likeness (QED) is 0.683. The number of hydrogen-bond donors (Lipinski definition) is 3. The van der Waals surface area contributed by atoms with Crippen molar-refractivity contribution in [2.75, 3.05) is 24.4 Å². The molecule has 1 atom stereocenters. The molecule has 2 amide bonds. The lowest BCUT2D eigenvalue weighted by atomic mass is 9.92. The van der Waals surface area contributed by atoms with Gasteiger partial charge in [-0.05, 0) is 12.1 Å². The van der Waals surface area contributed by atoms with Gasteiger partial charge in [-0.3, -0.25) is 23.9 Å². The predicted molar refractivity (Wildman–Crippen MR) is 94.2 cm³/mol. The minimum atomic E-state index is -1.23. The molecule has 11 heteroatoms. The highest BCUT2D eigenvalue weighted by atomic mass is 19.2. The summed E-state index contributed by atoms with van der Waals surface area (Å²) in [6.45, 7) is 0.159. The number of carbonyl (C=O) groups is 2. The summed E-state index contributed by atoms with van der Waals surface area (Å²) in [7, 11) is 1.42. The molecule has 3 rings (SSSR count). The largest absolute Gasteiger partial charge is 0.383 e. The van der Waals surface area contributed by atoms with Crippen LogP contribution < -0.4 is 21.9 Å². The van der Waals surface area contributed by atoms with E-state index in [0.29, 0.717) is 0 Å². The van der Waals surface area contributed by atoms with E-state index in [2.05, 4.69) is 15.6 Å². The Morgan fingerprint density at radius 2 is 2.04 bits per heavy atom. The van der Waals surface area contributed by atoms with Gasteiger partial charge in [0.2, 0.25) is 11.8 Å². The molecule has 28 heavy (non-hydrogen) atoms. The van der Waals surface area contributed by atoms with Crippen LogP contribution in [0.1, 0.15) is 17.9 Å². The van der Waals surface area contributed by atoms with Crippen LogP contribution in [0.3, 0.4) is 0 Å². The van der Waals surface area contributed by atoms with Crippen molar-refractivity contribution in [2.24, 2.45) is 0 Å². The van der Waals surface area contributed by atoms with Gasteiger partial charge in [-0.15, -0.1) is 0 Å². The number of ether oxygens (including phenoxy) is 1. The van der Waals surface area contributed by atoms with Crippen molar-refractivity contribution >= 4 is 23.3 Å². The topological polar surface area (TPSA) is 122 Å². The van der Waals surface area contributed by atoms with Gasteiger partial charge in [0.05, 0.1) is 24.6 Å². The number of aromatic amines is 1. The van der Waals surface area contributed by atoms with Crippen molar-refractivity contribution in [2.45, 2.75) is 18.9 Å². The summed E-state index contributed by atoms with van der Waals surface area (Å²) in [4.78, 5) is 51.3. The first-order valence-corrected chi connectivity index (χ1v) is 8.23. The Labute approximate surface area is 156 Å². The van der Waals surface area contributed by atoms with Crippen LogP contribution in [0.25, 0.3) is 0 Å². The number of amides is 2. The molecule has 1 aliphatic rings. The van der Waals surface area contributed by atoms with E-state index in [-0.39, 0.29) is 36.6 Å². The van der Waals surface area contributed by atoms with Gasteiger partial charge in [0, 0.05) is 25.3 Å². The van der Waals surface area contributed by atoms with E-state index in [1.807, 2.05) is 0 Å². The number of carbonyl (C=O) groups excluding carboxylic acids is 2.